The van der Waals surface area contributed by atoms with Crippen molar-refractivity contribution >= 4 is 45.4 Å². The number of rotatable bonds is 9. The van der Waals surface area contributed by atoms with Crippen LogP contribution in [0.4, 0.5) is 29.9 Å². The highest BCUT2D eigenvalue weighted by Crippen LogP contribution is 2.44. The molecule has 0 saturated carbocycles. The molecule has 1 amide bonds. The number of pyridine rings is 1. The standard InChI is InChI=1S/C42H37F2N7O8/c1-2-30-33(43)14-7-24-5-3-6-31(34(24)30)36-35(44)37-32(19-45-36)38(48-20-26-8-9-27(21-48)50(26)40(52)53)47-39(46-37)58-23-42-16-4-18-49(42)28(15-17-42)22-57-41(54)59-29-12-10-25(11-13-29)51(55)56/h1,3,5-7,10-14,19,26-28H,4,8-9,15-18,20-23H2,(H,52,53)/t26?,27?,28-,42-/m0/s1. The maximum absolute atomic E-state index is 17.1. The Kier molecular flexibility index (Phi) is 9.58. The molecule has 5 aromatic rings. The van der Waals surface area contributed by atoms with E-state index in [1.165, 1.54) is 41.4 Å². The Morgan fingerprint density at radius 1 is 1.03 bits per heavy atom. The van der Waals surface area contributed by atoms with Gasteiger partial charge < -0.3 is 24.2 Å². The quantitative estimate of drug-likeness (QED) is 0.0534. The molecule has 4 saturated heterocycles. The molecule has 4 atom stereocenters. The summed E-state index contributed by atoms with van der Waals surface area (Å²) in [5.41, 5.74) is -0.444. The highest BCUT2D eigenvalue weighted by Gasteiger charge is 2.50. The topological polar surface area (TPSA) is 174 Å². The summed E-state index contributed by atoms with van der Waals surface area (Å²) < 4.78 is 49.2. The number of fused-ring (bicyclic) bond motifs is 5. The number of carbonyl (C=O) groups is 2. The van der Waals surface area contributed by atoms with Crippen LogP contribution in [0, 0.1) is 34.1 Å². The minimum atomic E-state index is -0.981. The van der Waals surface area contributed by atoms with Gasteiger partial charge in [0.05, 0.1) is 33.5 Å². The number of amides is 1. The molecule has 3 aromatic carbocycles. The number of carbonyl (C=O) groups excluding carboxylic acids is 1. The molecular weight excluding hydrogens is 768 g/mol. The third-order valence-corrected chi connectivity index (χ3v) is 12.2. The summed E-state index contributed by atoms with van der Waals surface area (Å²) in [5.74, 6) is 1.49. The van der Waals surface area contributed by atoms with Crippen molar-refractivity contribution in [2.75, 3.05) is 37.7 Å². The molecule has 302 valence electrons. The molecule has 4 aliphatic heterocycles. The maximum Gasteiger partial charge on any atom is 0.513 e. The molecule has 0 spiro atoms. The fraction of sp³-hybridized carbons (Fsp3) is 0.357. The van der Waals surface area contributed by atoms with E-state index in [1.807, 2.05) is 4.90 Å². The second-order valence-corrected chi connectivity index (χ2v) is 15.4. The Hall–Kier alpha value is -6.67. The van der Waals surface area contributed by atoms with Crippen molar-refractivity contribution < 1.29 is 42.6 Å². The highest BCUT2D eigenvalue weighted by atomic mass is 19.1. The minimum absolute atomic E-state index is 0.0133. The first-order valence-electron chi connectivity index (χ1n) is 19.3. The largest absolute Gasteiger partial charge is 0.513 e. The second kappa shape index (κ2) is 14.9. The van der Waals surface area contributed by atoms with E-state index in [9.17, 15) is 29.2 Å². The summed E-state index contributed by atoms with van der Waals surface area (Å²) in [6.07, 6.45) is 9.75. The first kappa shape index (κ1) is 37.9. The first-order chi connectivity index (χ1) is 28.5. The number of nitrogens with zero attached hydrogens (tertiary/aromatic N) is 7. The van der Waals surface area contributed by atoms with Crippen molar-refractivity contribution in [1.29, 1.82) is 0 Å². The molecule has 15 nitrogen and oxygen atoms in total. The van der Waals surface area contributed by atoms with Gasteiger partial charge in [0, 0.05) is 48.4 Å². The molecule has 2 bridgehead atoms. The van der Waals surface area contributed by atoms with Gasteiger partial charge in [-0.3, -0.25) is 24.9 Å². The van der Waals surface area contributed by atoms with Crippen molar-refractivity contribution in [1.82, 2.24) is 24.8 Å². The number of non-ortho nitro benzene ring substituents is 1. The average molecular weight is 806 g/mol. The molecule has 17 heteroatoms. The summed E-state index contributed by atoms with van der Waals surface area (Å²) in [7, 11) is 0. The van der Waals surface area contributed by atoms with E-state index in [1.54, 1.807) is 24.3 Å². The number of halogens is 2. The number of carboxylic acid groups (broad SMARTS) is 1. The van der Waals surface area contributed by atoms with Gasteiger partial charge in [-0.2, -0.15) is 9.97 Å². The summed E-state index contributed by atoms with van der Waals surface area (Å²) >= 11 is 0. The van der Waals surface area contributed by atoms with E-state index in [2.05, 4.69) is 20.8 Å². The third-order valence-electron chi connectivity index (χ3n) is 12.2. The van der Waals surface area contributed by atoms with Crippen LogP contribution in [0.25, 0.3) is 32.9 Å². The molecule has 9 rings (SSSR count). The van der Waals surface area contributed by atoms with Crippen LogP contribution in [0.1, 0.15) is 44.1 Å². The predicted molar refractivity (Wildman–Crippen MR) is 209 cm³/mol. The number of anilines is 1. The molecule has 0 radical (unpaired) electrons. The fourth-order valence-corrected chi connectivity index (χ4v) is 9.51. The van der Waals surface area contributed by atoms with Crippen LogP contribution in [-0.2, 0) is 4.74 Å². The molecule has 2 aromatic heterocycles. The van der Waals surface area contributed by atoms with Crippen LogP contribution in [-0.4, -0.2) is 104 Å². The normalized spacial score (nSPS) is 22.4. The molecule has 2 unspecified atom stereocenters. The predicted octanol–water partition coefficient (Wildman–Crippen LogP) is 6.94. The van der Waals surface area contributed by atoms with E-state index in [4.69, 9.17) is 25.6 Å². The van der Waals surface area contributed by atoms with Gasteiger partial charge in [-0.05, 0) is 68.7 Å². The van der Waals surface area contributed by atoms with Gasteiger partial charge in [0.2, 0.25) is 0 Å². The lowest BCUT2D eigenvalue weighted by molar-refractivity contribution is -0.384. The molecule has 6 heterocycles. The summed E-state index contributed by atoms with van der Waals surface area (Å²) in [4.78, 5) is 54.8. The highest BCUT2D eigenvalue weighted by molar-refractivity contribution is 6.02. The van der Waals surface area contributed by atoms with Crippen molar-refractivity contribution in [3.63, 3.8) is 0 Å². The lowest BCUT2D eigenvalue weighted by Gasteiger charge is -2.40. The fourth-order valence-electron chi connectivity index (χ4n) is 9.51. The maximum atomic E-state index is 17.1. The van der Waals surface area contributed by atoms with Gasteiger partial charge in [0.1, 0.15) is 41.8 Å². The van der Waals surface area contributed by atoms with Gasteiger partial charge in [0.25, 0.3) is 5.69 Å². The number of nitro groups is 1. The molecular formula is C42H37F2N7O8. The minimum Gasteiger partial charge on any atom is -0.465 e. The molecule has 4 fully saturated rings. The van der Waals surface area contributed by atoms with Crippen LogP contribution in [0.5, 0.6) is 11.8 Å². The number of hydrogen-bond acceptors (Lipinski definition) is 12. The monoisotopic (exact) mass is 805 g/mol. The number of piperazine rings is 1. The summed E-state index contributed by atoms with van der Waals surface area (Å²) in [6, 6.07) is 12.3. The zero-order valence-electron chi connectivity index (χ0n) is 31.6. The van der Waals surface area contributed by atoms with Crippen molar-refractivity contribution in [2.45, 2.75) is 62.2 Å². The van der Waals surface area contributed by atoms with Gasteiger partial charge >= 0.3 is 18.3 Å². The number of aromatic nitrogens is 3. The van der Waals surface area contributed by atoms with Gasteiger partial charge in [0.15, 0.2) is 5.82 Å². The van der Waals surface area contributed by atoms with Crippen molar-refractivity contribution in [2.24, 2.45) is 0 Å². The summed E-state index contributed by atoms with van der Waals surface area (Å²) in [6.45, 7) is 1.60. The average Bonchev–Trinajstić information content (AvgIpc) is 3.89. The Bertz CT molecular complexity index is 2560. The number of hydrogen-bond donors (Lipinski definition) is 1. The molecule has 59 heavy (non-hydrogen) atoms. The SMILES string of the molecule is C#Cc1c(F)ccc2cccc(-c3ncc4c(N5CC6CCC(C5)N6C(=O)O)nc(OC[C@@]56CCCN5[C@H](COC(=O)Oc5ccc([N+](=O)[O-])cc5)CC6)nc4c3F)c12. The van der Waals surface area contributed by atoms with Crippen LogP contribution < -0.4 is 14.4 Å². The van der Waals surface area contributed by atoms with Crippen LogP contribution in [0.2, 0.25) is 0 Å². The van der Waals surface area contributed by atoms with Crippen LogP contribution in [0.15, 0.2) is 60.8 Å². The molecule has 0 aliphatic carbocycles. The van der Waals surface area contributed by atoms with Gasteiger partial charge in [-0.25, -0.2) is 18.4 Å². The van der Waals surface area contributed by atoms with Gasteiger partial charge in [-0.1, -0.05) is 30.2 Å². The molecule has 4 aliphatic rings. The number of terminal acetylenes is 1. The van der Waals surface area contributed by atoms with Crippen molar-refractivity contribution in [3.05, 3.63) is 88.1 Å². The van der Waals surface area contributed by atoms with E-state index in [0.29, 0.717) is 59.9 Å². The van der Waals surface area contributed by atoms with Crippen LogP contribution >= 0.6 is 0 Å². The lowest BCUT2D eigenvalue weighted by atomic mass is 9.95. The number of nitro benzene ring substituents is 1. The summed E-state index contributed by atoms with van der Waals surface area (Å²) in [5, 5.41) is 22.1. The van der Waals surface area contributed by atoms with E-state index in [0.717, 1.165) is 25.8 Å². The zero-order valence-corrected chi connectivity index (χ0v) is 31.6. The third kappa shape index (κ3) is 6.72. The van der Waals surface area contributed by atoms with Crippen LogP contribution in [0.3, 0.4) is 0 Å². The van der Waals surface area contributed by atoms with Crippen molar-refractivity contribution in [3.8, 4) is 35.4 Å². The number of ether oxygens (including phenoxy) is 3. The zero-order chi connectivity index (χ0) is 41.0. The first-order valence-corrected chi connectivity index (χ1v) is 19.3. The smallest absolute Gasteiger partial charge is 0.465 e. The van der Waals surface area contributed by atoms with E-state index >= 15 is 4.39 Å². The second-order valence-electron chi connectivity index (χ2n) is 15.4. The molecule has 1 N–H and O–H groups in total. The Labute approximate surface area is 335 Å². The van der Waals surface area contributed by atoms with Gasteiger partial charge in [-0.15, -0.1) is 6.42 Å². The lowest BCUT2D eigenvalue weighted by Crippen LogP contribution is -2.55. The van der Waals surface area contributed by atoms with E-state index in [-0.39, 0.29) is 65.6 Å². The number of benzene rings is 3. The Morgan fingerprint density at radius 2 is 1.81 bits per heavy atom. The Morgan fingerprint density at radius 3 is 2.54 bits per heavy atom. The van der Waals surface area contributed by atoms with E-state index < -0.39 is 34.3 Å². The Balaban J connectivity index is 1.01.